The van der Waals surface area contributed by atoms with Gasteiger partial charge in [0, 0.05) is 17.7 Å². The van der Waals surface area contributed by atoms with E-state index in [0.29, 0.717) is 17.6 Å². The van der Waals surface area contributed by atoms with Gasteiger partial charge in [0.2, 0.25) is 0 Å². The van der Waals surface area contributed by atoms with E-state index in [1.807, 2.05) is 0 Å². The van der Waals surface area contributed by atoms with Gasteiger partial charge in [-0.2, -0.15) is 0 Å². The van der Waals surface area contributed by atoms with Crippen LogP contribution in [-0.4, -0.2) is 11.7 Å². The molecule has 1 nitrogen and oxygen atoms in total. The molecule has 2 heteroatoms. The van der Waals surface area contributed by atoms with E-state index in [1.54, 1.807) is 0 Å². The fourth-order valence-corrected chi connectivity index (χ4v) is 3.52. The molecule has 2 aliphatic carbocycles. The number of rotatable bonds is 1. The summed E-state index contributed by atoms with van der Waals surface area (Å²) >= 11 is 5.98. The van der Waals surface area contributed by atoms with Gasteiger partial charge < -0.3 is 0 Å². The summed E-state index contributed by atoms with van der Waals surface area (Å²) in [6.45, 7) is 4.28. The Bertz CT molecular complexity index is 238. The SMILES string of the molecule is CC12CCC(CC1=O)C2(C)CCl. The van der Waals surface area contributed by atoms with Crippen molar-refractivity contribution in [1.29, 1.82) is 0 Å². The molecule has 0 spiro atoms. The highest BCUT2D eigenvalue weighted by Gasteiger charge is 2.63. The molecule has 68 valence electrons. The van der Waals surface area contributed by atoms with E-state index >= 15 is 0 Å². The smallest absolute Gasteiger partial charge is 0.139 e. The van der Waals surface area contributed by atoms with Crippen LogP contribution in [0.25, 0.3) is 0 Å². The number of hydrogen-bond acceptors (Lipinski definition) is 1. The quantitative estimate of drug-likeness (QED) is 0.576. The molecule has 12 heavy (non-hydrogen) atoms. The van der Waals surface area contributed by atoms with Crippen LogP contribution in [0.3, 0.4) is 0 Å². The monoisotopic (exact) mass is 186 g/mol. The summed E-state index contributed by atoms with van der Waals surface area (Å²) in [4.78, 5) is 11.7. The standard InChI is InChI=1S/C10H15ClO/c1-9-4-3-7(5-8(9)12)10(9,2)6-11/h7H,3-6H2,1-2H3. The molecule has 0 amide bonds. The van der Waals surface area contributed by atoms with Gasteiger partial charge >= 0.3 is 0 Å². The van der Waals surface area contributed by atoms with Crippen molar-refractivity contribution in [1.82, 2.24) is 0 Å². The van der Waals surface area contributed by atoms with E-state index in [0.717, 1.165) is 12.8 Å². The molecule has 2 bridgehead atoms. The van der Waals surface area contributed by atoms with Crippen LogP contribution in [0.4, 0.5) is 0 Å². The Labute approximate surface area is 78.5 Å². The summed E-state index contributed by atoms with van der Waals surface area (Å²) in [5, 5.41) is 0. The van der Waals surface area contributed by atoms with Crippen molar-refractivity contribution in [2.45, 2.75) is 33.1 Å². The van der Waals surface area contributed by atoms with Gasteiger partial charge in [-0.1, -0.05) is 13.8 Å². The Kier molecular flexibility index (Phi) is 1.61. The van der Waals surface area contributed by atoms with Crippen LogP contribution in [-0.2, 0) is 4.79 Å². The van der Waals surface area contributed by atoms with Crippen molar-refractivity contribution < 1.29 is 4.79 Å². The molecule has 0 radical (unpaired) electrons. The van der Waals surface area contributed by atoms with Crippen molar-refractivity contribution >= 4 is 17.4 Å². The fraction of sp³-hybridized carbons (Fsp3) is 0.900. The first-order valence-corrected chi connectivity index (χ1v) is 5.17. The number of alkyl halides is 1. The lowest BCUT2D eigenvalue weighted by Gasteiger charge is -2.34. The molecule has 0 heterocycles. The Morgan fingerprint density at radius 2 is 2.25 bits per heavy atom. The first-order chi connectivity index (χ1) is 5.54. The van der Waals surface area contributed by atoms with E-state index in [2.05, 4.69) is 13.8 Å². The molecular weight excluding hydrogens is 172 g/mol. The first-order valence-electron chi connectivity index (χ1n) is 4.64. The third-order valence-corrected chi connectivity index (χ3v) is 5.03. The molecule has 2 fully saturated rings. The molecule has 0 saturated heterocycles. The second-order valence-electron chi connectivity index (χ2n) is 4.75. The zero-order chi connectivity index (χ0) is 8.98. The van der Waals surface area contributed by atoms with Gasteiger partial charge in [-0.25, -0.2) is 0 Å². The highest BCUT2D eigenvalue weighted by molar-refractivity contribution is 6.18. The molecule has 0 aromatic rings. The van der Waals surface area contributed by atoms with Crippen LogP contribution in [0.2, 0.25) is 0 Å². The van der Waals surface area contributed by atoms with Crippen molar-refractivity contribution in [3.05, 3.63) is 0 Å². The molecule has 0 aromatic heterocycles. The lowest BCUT2D eigenvalue weighted by molar-refractivity contribution is -0.128. The van der Waals surface area contributed by atoms with E-state index < -0.39 is 0 Å². The average Bonchev–Trinajstić information content (AvgIpc) is 2.39. The van der Waals surface area contributed by atoms with Gasteiger partial charge in [0.05, 0.1) is 0 Å². The number of carbonyl (C=O) groups is 1. The number of halogens is 1. The third-order valence-electron chi connectivity index (χ3n) is 4.48. The lowest BCUT2D eigenvalue weighted by Crippen LogP contribution is -2.36. The maximum atomic E-state index is 11.7. The van der Waals surface area contributed by atoms with Gasteiger partial charge in [-0.05, 0) is 24.2 Å². The Morgan fingerprint density at radius 3 is 2.50 bits per heavy atom. The Balaban J connectivity index is 2.44. The maximum absolute atomic E-state index is 11.7. The van der Waals surface area contributed by atoms with Crippen molar-refractivity contribution in [2.75, 3.05) is 5.88 Å². The summed E-state index contributed by atoms with van der Waals surface area (Å²) in [6.07, 6.45) is 3.03. The van der Waals surface area contributed by atoms with Crippen molar-refractivity contribution in [3.8, 4) is 0 Å². The van der Waals surface area contributed by atoms with Gasteiger partial charge in [0.15, 0.2) is 0 Å². The second-order valence-corrected chi connectivity index (χ2v) is 5.01. The molecular formula is C10H15ClO. The van der Waals surface area contributed by atoms with E-state index in [-0.39, 0.29) is 10.8 Å². The number of hydrogen-bond donors (Lipinski definition) is 0. The van der Waals surface area contributed by atoms with Crippen LogP contribution in [0.1, 0.15) is 33.1 Å². The van der Waals surface area contributed by atoms with Crippen LogP contribution < -0.4 is 0 Å². The predicted molar refractivity (Wildman–Crippen MR) is 49.3 cm³/mol. The fourth-order valence-electron chi connectivity index (χ4n) is 3.01. The van der Waals surface area contributed by atoms with Crippen LogP contribution in [0.15, 0.2) is 0 Å². The molecule has 2 saturated carbocycles. The minimum absolute atomic E-state index is 0.0889. The van der Waals surface area contributed by atoms with E-state index in [4.69, 9.17) is 11.6 Å². The predicted octanol–water partition coefficient (Wildman–Crippen LogP) is 2.62. The van der Waals surface area contributed by atoms with Crippen LogP contribution in [0, 0.1) is 16.7 Å². The van der Waals surface area contributed by atoms with Crippen molar-refractivity contribution in [2.24, 2.45) is 16.7 Å². The second kappa shape index (κ2) is 2.25. The highest BCUT2D eigenvalue weighted by Crippen LogP contribution is 2.64. The molecule has 0 aliphatic heterocycles. The van der Waals surface area contributed by atoms with Gasteiger partial charge in [0.25, 0.3) is 0 Å². The van der Waals surface area contributed by atoms with Crippen LogP contribution >= 0.6 is 11.6 Å². The number of carbonyl (C=O) groups excluding carboxylic acids is 1. The maximum Gasteiger partial charge on any atom is 0.139 e. The average molecular weight is 187 g/mol. The zero-order valence-corrected chi connectivity index (χ0v) is 8.45. The van der Waals surface area contributed by atoms with Gasteiger partial charge in [0.1, 0.15) is 5.78 Å². The number of ketones is 1. The molecule has 3 unspecified atom stereocenters. The molecule has 2 aliphatic rings. The van der Waals surface area contributed by atoms with Gasteiger partial charge in [-0.15, -0.1) is 11.6 Å². The third kappa shape index (κ3) is 0.693. The van der Waals surface area contributed by atoms with Crippen LogP contribution in [0.5, 0.6) is 0 Å². The van der Waals surface area contributed by atoms with E-state index in [9.17, 15) is 4.79 Å². The topological polar surface area (TPSA) is 17.1 Å². The lowest BCUT2D eigenvalue weighted by atomic mass is 9.70. The Morgan fingerprint density at radius 1 is 1.58 bits per heavy atom. The molecule has 0 N–H and O–H groups in total. The summed E-state index contributed by atoms with van der Waals surface area (Å²) in [5.74, 6) is 1.65. The van der Waals surface area contributed by atoms with E-state index in [1.165, 1.54) is 6.42 Å². The van der Waals surface area contributed by atoms with Crippen molar-refractivity contribution in [3.63, 3.8) is 0 Å². The molecule has 3 atom stereocenters. The first kappa shape index (κ1) is 8.55. The summed E-state index contributed by atoms with van der Waals surface area (Å²) in [5.41, 5.74) is -0.00887. The minimum atomic E-state index is -0.0978. The van der Waals surface area contributed by atoms with Gasteiger partial charge in [-0.3, -0.25) is 4.79 Å². The molecule has 0 aromatic carbocycles. The minimum Gasteiger partial charge on any atom is -0.299 e. The highest BCUT2D eigenvalue weighted by atomic mass is 35.5. The summed E-state index contributed by atoms with van der Waals surface area (Å²) < 4.78 is 0. The number of Topliss-reactive ketones (excluding diaryl/α,β-unsaturated/α-hetero) is 1. The summed E-state index contributed by atoms with van der Waals surface area (Å²) in [7, 11) is 0. The normalized spacial score (nSPS) is 51.9. The summed E-state index contributed by atoms with van der Waals surface area (Å²) in [6, 6.07) is 0. The Hall–Kier alpha value is -0.0400. The largest absolute Gasteiger partial charge is 0.299 e. The number of fused-ring (bicyclic) bond motifs is 2. The molecule has 2 rings (SSSR count). The zero-order valence-electron chi connectivity index (χ0n) is 7.69.